The van der Waals surface area contributed by atoms with E-state index in [1.165, 1.54) is 4.90 Å². The van der Waals surface area contributed by atoms with Gasteiger partial charge >= 0.3 is 0 Å². The van der Waals surface area contributed by atoms with Gasteiger partial charge in [0.1, 0.15) is 22.8 Å². The van der Waals surface area contributed by atoms with Crippen molar-refractivity contribution in [2.24, 2.45) is 0 Å². The number of fused-ring (bicyclic) bond motifs is 1. The number of ether oxygens (including phenoxy) is 2. The van der Waals surface area contributed by atoms with Crippen molar-refractivity contribution in [1.82, 2.24) is 14.3 Å². The van der Waals surface area contributed by atoms with Crippen LogP contribution in [0.4, 0.5) is 0 Å². The molecular formula is C30H29N3O5. The lowest BCUT2D eigenvalue weighted by Crippen LogP contribution is -2.31. The van der Waals surface area contributed by atoms with Crippen molar-refractivity contribution in [3.63, 3.8) is 0 Å². The number of aromatic nitrogens is 2. The number of hydrogen-bond acceptors (Lipinski definition) is 6. The third-order valence-corrected chi connectivity index (χ3v) is 6.75. The first-order valence-corrected chi connectivity index (χ1v) is 12.5. The van der Waals surface area contributed by atoms with Crippen LogP contribution in [-0.2, 0) is 14.3 Å². The summed E-state index contributed by atoms with van der Waals surface area (Å²) in [4.78, 5) is 32.8. The van der Waals surface area contributed by atoms with Crippen molar-refractivity contribution in [1.29, 1.82) is 0 Å². The maximum Gasteiger partial charge on any atom is 0.295 e. The molecule has 2 aromatic heterocycles. The van der Waals surface area contributed by atoms with Crippen molar-refractivity contribution in [2.45, 2.75) is 26.3 Å². The van der Waals surface area contributed by atoms with Gasteiger partial charge < -0.3 is 23.9 Å². The van der Waals surface area contributed by atoms with Gasteiger partial charge in [-0.15, -0.1) is 0 Å². The summed E-state index contributed by atoms with van der Waals surface area (Å²) in [6.45, 7) is 4.47. The summed E-state index contributed by atoms with van der Waals surface area (Å²) in [5, 5.41) is 11.6. The number of ketones is 1. The molecule has 0 spiro atoms. The summed E-state index contributed by atoms with van der Waals surface area (Å²) in [5.74, 6) is -0.491. The molecule has 1 amide bonds. The van der Waals surface area contributed by atoms with Crippen LogP contribution in [0.2, 0.25) is 0 Å². The van der Waals surface area contributed by atoms with E-state index in [4.69, 9.17) is 9.47 Å². The molecule has 3 heterocycles. The Morgan fingerprint density at radius 2 is 1.76 bits per heavy atom. The number of Topliss-reactive ketones (excluding diaryl/α,β-unsaturated/α-hetero) is 1. The van der Waals surface area contributed by atoms with Crippen LogP contribution in [0.5, 0.6) is 11.5 Å². The summed E-state index contributed by atoms with van der Waals surface area (Å²) >= 11 is 0. The summed E-state index contributed by atoms with van der Waals surface area (Å²) in [7, 11) is 1.59. The molecule has 1 atom stereocenters. The van der Waals surface area contributed by atoms with E-state index in [-0.39, 0.29) is 23.6 Å². The van der Waals surface area contributed by atoms with Crippen LogP contribution in [0, 0.1) is 13.8 Å². The van der Waals surface area contributed by atoms with Gasteiger partial charge in [0.15, 0.2) is 5.76 Å². The summed E-state index contributed by atoms with van der Waals surface area (Å²) in [6.07, 6.45) is 2.39. The second-order valence-corrected chi connectivity index (χ2v) is 9.26. The second-order valence-electron chi connectivity index (χ2n) is 9.26. The van der Waals surface area contributed by atoms with Crippen LogP contribution in [0.3, 0.4) is 0 Å². The van der Waals surface area contributed by atoms with Crippen molar-refractivity contribution in [3.8, 4) is 11.5 Å². The largest absolute Gasteiger partial charge is 0.505 e. The number of aliphatic hydroxyl groups excluding tert-OH is 1. The zero-order chi connectivity index (χ0) is 26.8. The van der Waals surface area contributed by atoms with E-state index < -0.39 is 17.7 Å². The number of likely N-dealkylation sites (tertiary alicyclic amines) is 1. The average Bonchev–Trinajstić information content (AvgIpc) is 3.39. The number of rotatable bonds is 8. The SMILES string of the molecule is COCCCN1C(=O)C(=O)C(=C(O)c2nc3c(C)cccn3c2C)C1c1cccc(Oc2ccccc2)c1. The van der Waals surface area contributed by atoms with Gasteiger partial charge in [-0.2, -0.15) is 0 Å². The Labute approximate surface area is 220 Å². The highest BCUT2D eigenvalue weighted by Gasteiger charge is 2.46. The van der Waals surface area contributed by atoms with E-state index >= 15 is 0 Å². The van der Waals surface area contributed by atoms with Crippen molar-refractivity contribution in [3.05, 3.63) is 101 Å². The number of carbonyl (C=O) groups excluding carboxylic acids is 2. The number of aryl methyl sites for hydroxylation is 2. The number of carbonyl (C=O) groups is 2. The molecule has 4 aromatic rings. The van der Waals surface area contributed by atoms with Crippen LogP contribution < -0.4 is 4.74 Å². The molecule has 1 saturated heterocycles. The van der Waals surface area contributed by atoms with Gasteiger partial charge in [-0.05, 0) is 61.7 Å². The van der Waals surface area contributed by atoms with Gasteiger partial charge in [-0.3, -0.25) is 9.59 Å². The molecule has 5 rings (SSSR count). The standard InChI is InChI=1S/C30H29N3O5/c1-19-10-8-15-32-20(2)25(31-29(19)32)27(34)24-26(33(16-9-17-37-3)30(36)28(24)35)21-11-7-14-23(18-21)38-22-12-5-4-6-13-22/h4-8,10-15,18,26,34H,9,16-17H2,1-3H3. The zero-order valence-electron chi connectivity index (χ0n) is 21.5. The van der Waals surface area contributed by atoms with E-state index in [2.05, 4.69) is 4.98 Å². The third-order valence-electron chi connectivity index (χ3n) is 6.75. The smallest absolute Gasteiger partial charge is 0.295 e. The Balaban J connectivity index is 1.63. The molecule has 2 aromatic carbocycles. The minimum absolute atomic E-state index is 0.00781. The molecule has 0 bridgehead atoms. The number of amides is 1. The molecule has 1 fully saturated rings. The summed E-state index contributed by atoms with van der Waals surface area (Å²) < 4.78 is 13.1. The number of benzene rings is 2. The monoisotopic (exact) mass is 511 g/mol. The Kier molecular flexibility index (Phi) is 6.98. The normalized spacial score (nSPS) is 16.9. The lowest BCUT2D eigenvalue weighted by molar-refractivity contribution is -0.140. The Morgan fingerprint density at radius 3 is 2.50 bits per heavy atom. The number of hydrogen-bond donors (Lipinski definition) is 1. The number of methoxy groups -OCH3 is 1. The van der Waals surface area contributed by atoms with Crippen LogP contribution in [-0.4, -0.2) is 51.3 Å². The minimum atomic E-state index is -0.809. The van der Waals surface area contributed by atoms with Crippen LogP contribution in [0.1, 0.15) is 35.0 Å². The molecule has 0 radical (unpaired) electrons. The topological polar surface area (TPSA) is 93.4 Å². The molecule has 1 aliphatic rings. The number of imidazole rings is 1. The predicted octanol–water partition coefficient (Wildman–Crippen LogP) is 5.20. The van der Waals surface area contributed by atoms with Gasteiger partial charge in [-0.25, -0.2) is 4.98 Å². The number of nitrogens with zero attached hydrogens (tertiary/aromatic N) is 3. The molecule has 8 nitrogen and oxygen atoms in total. The highest BCUT2D eigenvalue weighted by atomic mass is 16.5. The van der Waals surface area contributed by atoms with Crippen LogP contribution >= 0.6 is 0 Å². The molecule has 1 aliphatic heterocycles. The molecule has 1 unspecified atom stereocenters. The Hall–Kier alpha value is -4.43. The fourth-order valence-electron chi connectivity index (χ4n) is 4.88. The predicted molar refractivity (Wildman–Crippen MR) is 143 cm³/mol. The first-order valence-electron chi connectivity index (χ1n) is 12.5. The minimum Gasteiger partial charge on any atom is -0.505 e. The van der Waals surface area contributed by atoms with E-state index in [0.29, 0.717) is 41.4 Å². The maximum absolute atomic E-state index is 13.4. The molecule has 1 N–H and O–H groups in total. The van der Waals surface area contributed by atoms with Crippen LogP contribution in [0.15, 0.2) is 78.5 Å². The molecule has 0 saturated carbocycles. The Bertz CT molecular complexity index is 1540. The van der Waals surface area contributed by atoms with Gasteiger partial charge in [0.2, 0.25) is 0 Å². The molecule has 38 heavy (non-hydrogen) atoms. The van der Waals surface area contributed by atoms with Gasteiger partial charge in [-0.1, -0.05) is 36.4 Å². The fourth-order valence-corrected chi connectivity index (χ4v) is 4.88. The first kappa shape index (κ1) is 25.2. The Morgan fingerprint density at radius 1 is 1.00 bits per heavy atom. The van der Waals surface area contributed by atoms with Crippen LogP contribution in [0.25, 0.3) is 11.4 Å². The third kappa shape index (κ3) is 4.54. The number of aliphatic hydroxyl groups is 1. The van der Waals surface area contributed by atoms with E-state index in [0.717, 1.165) is 5.56 Å². The molecule has 194 valence electrons. The van der Waals surface area contributed by atoms with E-state index in [9.17, 15) is 14.7 Å². The molecule has 8 heteroatoms. The maximum atomic E-state index is 13.4. The summed E-state index contributed by atoms with van der Waals surface area (Å²) in [6, 6.07) is 19.6. The molecule has 0 aliphatic carbocycles. The van der Waals surface area contributed by atoms with Crippen molar-refractivity contribution < 1.29 is 24.2 Å². The van der Waals surface area contributed by atoms with E-state index in [1.807, 2.05) is 85.1 Å². The lowest BCUT2D eigenvalue weighted by Gasteiger charge is -2.25. The van der Waals surface area contributed by atoms with Crippen molar-refractivity contribution >= 4 is 23.1 Å². The first-order chi connectivity index (χ1) is 18.4. The number of para-hydroxylation sites is 1. The van der Waals surface area contributed by atoms with E-state index in [1.54, 1.807) is 13.2 Å². The fraction of sp³-hybridized carbons (Fsp3) is 0.233. The highest BCUT2D eigenvalue weighted by molar-refractivity contribution is 6.46. The van der Waals surface area contributed by atoms with Gasteiger partial charge in [0.05, 0.1) is 17.3 Å². The van der Waals surface area contributed by atoms with Gasteiger partial charge in [0, 0.05) is 26.5 Å². The average molecular weight is 512 g/mol. The lowest BCUT2D eigenvalue weighted by atomic mass is 9.96. The van der Waals surface area contributed by atoms with Crippen molar-refractivity contribution in [2.75, 3.05) is 20.3 Å². The quantitative estimate of drug-likeness (QED) is 0.151. The highest BCUT2D eigenvalue weighted by Crippen LogP contribution is 2.41. The summed E-state index contributed by atoms with van der Waals surface area (Å²) in [5.41, 5.74) is 3.21. The molecular weight excluding hydrogens is 482 g/mol. The zero-order valence-corrected chi connectivity index (χ0v) is 21.5. The number of pyridine rings is 1. The van der Waals surface area contributed by atoms with Gasteiger partial charge in [0.25, 0.3) is 11.7 Å². The second kappa shape index (κ2) is 10.5.